The molecule has 0 aromatic heterocycles. The largest absolute Gasteiger partial charge is 0.460 e. The average Bonchev–Trinajstić information content (AvgIpc) is 2.76. The summed E-state index contributed by atoms with van der Waals surface area (Å²) in [7, 11) is 0. The molecule has 0 fully saturated rings. The SMILES string of the molecule is Cc1ccc(NC(=O)[C@@H](NC(=O)C(CCCc2ccccc2)CC(=O)OC(C)(C)C)C(C)(C)C)cc1. The number of ether oxygens (including phenoxy) is 1. The zero-order valence-electron chi connectivity index (χ0n) is 22.8. The number of hydrogen-bond donors (Lipinski definition) is 2. The van der Waals surface area contributed by atoms with E-state index in [0.29, 0.717) is 12.1 Å². The van der Waals surface area contributed by atoms with Crippen molar-refractivity contribution >= 4 is 23.5 Å². The first-order valence-corrected chi connectivity index (χ1v) is 12.7. The standard InChI is InChI=1S/C30H42N2O4/c1-21-16-18-24(19-17-21)31-28(35)26(29(2,3)4)32-27(34)23(20-25(33)36-30(5,6)7)15-11-14-22-12-9-8-10-13-22/h8-10,12-13,16-19,23,26H,11,14-15,20H2,1-7H3,(H,31,35)(H,32,34)/t23?,26-/m1/s1. The Labute approximate surface area is 216 Å². The highest BCUT2D eigenvalue weighted by Gasteiger charge is 2.35. The molecule has 0 aliphatic heterocycles. The van der Waals surface area contributed by atoms with E-state index in [9.17, 15) is 14.4 Å². The van der Waals surface area contributed by atoms with Crippen LogP contribution in [0, 0.1) is 18.3 Å². The predicted molar refractivity (Wildman–Crippen MR) is 145 cm³/mol. The molecule has 2 atom stereocenters. The molecule has 0 aliphatic carbocycles. The minimum absolute atomic E-state index is 0.0334. The lowest BCUT2D eigenvalue weighted by Crippen LogP contribution is -2.53. The van der Waals surface area contributed by atoms with Gasteiger partial charge in [0.25, 0.3) is 0 Å². The Bertz CT molecular complexity index is 1000. The quantitative estimate of drug-likeness (QED) is 0.407. The Hall–Kier alpha value is -3.15. The first-order chi connectivity index (χ1) is 16.7. The van der Waals surface area contributed by atoms with Crippen LogP contribution in [-0.4, -0.2) is 29.4 Å². The van der Waals surface area contributed by atoms with Gasteiger partial charge in [-0.2, -0.15) is 0 Å². The van der Waals surface area contributed by atoms with Crippen molar-refractivity contribution in [3.05, 3.63) is 65.7 Å². The average molecular weight is 495 g/mol. The number of carbonyl (C=O) groups is 3. The monoisotopic (exact) mass is 494 g/mol. The number of benzene rings is 2. The third-order valence-electron chi connectivity index (χ3n) is 5.80. The van der Waals surface area contributed by atoms with Crippen molar-refractivity contribution in [1.82, 2.24) is 5.32 Å². The minimum atomic E-state index is -0.776. The first-order valence-electron chi connectivity index (χ1n) is 12.7. The second kappa shape index (κ2) is 12.7. The van der Waals surface area contributed by atoms with Crippen LogP contribution in [-0.2, 0) is 25.5 Å². The molecular formula is C30H42N2O4. The molecule has 0 aliphatic rings. The summed E-state index contributed by atoms with van der Waals surface area (Å²) in [5, 5.41) is 5.86. The fraction of sp³-hybridized carbons (Fsp3) is 0.500. The molecule has 6 heteroatoms. The third-order valence-corrected chi connectivity index (χ3v) is 5.80. The molecule has 2 rings (SSSR count). The lowest BCUT2D eigenvalue weighted by Gasteiger charge is -2.32. The Morgan fingerprint density at radius 3 is 2.03 bits per heavy atom. The van der Waals surface area contributed by atoms with Gasteiger partial charge in [0.05, 0.1) is 6.42 Å². The molecule has 0 radical (unpaired) electrons. The van der Waals surface area contributed by atoms with Crippen LogP contribution >= 0.6 is 0 Å². The number of aryl methyl sites for hydroxylation is 2. The fourth-order valence-corrected chi connectivity index (χ4v) is 3.89. The summed E-state index contributed by atoms with van der Waals surface area (Å²) >= 11 is 0. The van der Waals surface area contributed by atoms with Crippen LogP contribution in [0.2, 0.25) is 0 Å². The Morgan fingerprint density at radius 1 is 0.861 bits per heavy atom. The van der Waals surface area contributed by atoms with E-state index in [1.165, 1.54) is 5.56 Å². The van der Waals surface area contributed by atoms with E-state index in [0.717, 1.165) is 18.4 Å². The van der Waals surface area contributed by atoms with E-state index in [4.69, 9.17) is 4.74 Å². The van der Waals surface area contributed by atoms with Crippen LogP contribution in [0.4, 0.5) is 5.69 Å². The normalized spacial score (nSPS) is 13.4. The van der Waals surface area contributed by atoms with Crippen molar-refractivity contribution in [1.29, 1.82) is 0 Å². The van der Waals surface area contributed by atoms with E-state index >= 15 is 0 Å². The van der Waals surface area contributed by atoms with Gasteiger partial charge in [-0.3, -0.25) is 14.4 Å². The van der Waals surface area contributed by atoms with Gasteiger partial charge in [0.15, 0.2) is 0 Å². The van der Waals surface area contributed by atoms with Crippen molar-refractivity contribution in [3.8, 4) is 0 Å². The van der Waals surface area contributed by atoms with E-state index in [-0.39, 0.29) is 18.2 Å². The Morgan fingerprint density at radius 2 is 1.47 bits per heavy atom. The molecule has 1 unspecified atom stereocenters. The smallest absolute Gasteiger partial charge is 0.307 e. The van der Waals surface area contributed by atoms with E-state index < -0.39 is 28.9 Å². The Balaban J connectivity index is 2.14. The molecule has 196 valence electrons. The van der Waals surface area contributed by atoms with Crippen LogP contribution < -0.4 is 10.6 Å². The molecule has 2 aromatic rings. The van der Waals surface area contributed by atoms with Crippen molar-refractivity contribution in [2.24, 2.45) is 11.3 Å². The van der Waals surface area contributed by atoms with Crippen LogP contribution in [0.3, 0.4) is 0 Å². The van der Waals surface area contributed by atoms with Crippen molar-refractivity contribution in [2.75, 3.05) is 5.32 Å². The summed E-state index contributed by atoms with van der Waals surface area (Å²) < 4.78 is 5.49. The van der Waals surface area contributed by atoms with Crippen molar-refractivity contribution in [2.45, 2.75) is 85.8 Å². The zero-order chi connectivity index (χ0) is 26.9. The van der Waals surface area contributed by atoms with Crippen molar-refractivity contribution < 1.29 is 19.1 Å². The molecule has 6 nitrogen and oxygen atoms in total. The third kappa shape index (κ3) is 10.2. The van der Waals surface area contributed by atoms with Crippen LogP contribution in [0.25, 0.3) is 0 Å². The van der Waals surface area contributed by atoms with Gasteiger partial charge in [0.1, 0.15) is 11.6 Å². The van der Waals surface area contributed by atoms with Gasteiger partial charge >= 0.3 is 5.97 Å². The molecule has 2 amide bonds. The van der Waals surface area contributed by atoms with E-state index in [1.54, 1.807) is 20.8 Å². The van der Waals surface area contributed by atoms with Gasteiger partial charge in [-0.15, -0.1) is 0 Å². The maximum atomic E-state index is 13.4. The number of carbonyl (C=O) groups excluding carboxylic acids is 3. The number of esters is 1. The number of rotatable bonds is 10. The highest BCUT2D eigenvalue weighted by Crippen LogP contribution is 2.24. The number of hydrogen-bond acceptors (Lipinski definition) is 4. The second-order valence-corrected chi connectivity index (χ2v) is 11.5. The summed E-state index contributed by atoms with van der Waals surface area (Å²) in [4.78, 5) is 39.3. The number of anilines is 1. The summed E-state index contributed by atoms with van der Waals surface area (Å²) in [6.45, 7) is 13.1. The van der Waals surface area contributed by atoms with E-state index in [1.807, 2.05) is 82.3 Å². The molecule has 0 bridgehead atoms. The highest BCUT2D eigenvalue weighted by atomic mass is 16.6. The minimum Gasteiger partial charge on any atom is -0.460 e. The highest BCUT2D eigenvalue weighted by molar-refractivity contribution is 5.98. The number of amides is 2. The summed E-state index contributed by atoms with van der Waals surface area (Å²) in [6, 6.07) is 16.8. The van der Waals surface area contributed by atoms with Crippen molar-refractivity contribution in [3.63, 3.8) is 0 Å². The van der Waals surface area contributed by atoms with E-state index in [2.05, 4.69) is 10.6 Å². The van der Waals surface area contributed by atoms with Crippen LogP contribution in [0.5, 0.6) is 0 Å². The molecule has 2 aromatic carbocycles. The predicted octanol–water partition coefficient (Wildman–Crippen LogP) is 5.84. The first kappa shape index (κ1) is 29.1. The summed E-state index contributed by atoms with van der Waals surface area (Å²) in [6.07, 6.45) is 2.01. The fourth-order valence-electron chi connectivity index (χ4n) is 3.89. The lowest BCUT2D eigenvalue weighted by molar-refractivity contribution is -0.157. The molecule has 36 heavy (non-hydrogen) atoms. The second-order valence-electron chi connectivity index (χ2n) is 11.5. The maximum Gasteiger partial charge on any atom is 0.307 e. The van der Waals surface area contributed by atoms with Gasteiger partial charge in [-0.05, 0) is 70.1 Å². The van der Waals surface area contributed by atoms with Gasteiger partial charge in [-0.1, -0.05) is 68.8 Å². The van der Waals surface area contributed by atoms with Gasteiger partial charge in [-0.25, -0.2) is 0 Å². The zero-order valence-corrected chi connectivity index (χ0v) is 22.8. The number of nitrogens with one attached hydrogen (secondary N) is 2. The molecule has 2 N–H and O–H groups in total. The summed E-state index contributed by atoms with van der Waals surface area (Å²) in [5.74, 6) is -1.62. The van der Waals surface area contributed by atoms with Gasteiger partial charge < -0.3 is 15.4 Å². The Kier molecular flexibility index (Phi) is 10.3. The van der Waals surface area contributed by atoms with Crippen LogP contribution in [0.1, 0.15) is 71.9 Å². The molecule has 0 spiro atoms. The van der Waals surface area contributed by atoms with Gasteiger partial charge in [0, 0.05) is 11.6 Å². The molecule has 0 saturated heterocycles. The van der Waals surface area contributed by atoms with Gasteiger partial charge in [0.2, 0.25) is 11.8 Å². The maximum absolute atomic E-state index is 13.4. The molecule has 0 saturated carbocycles. The lowest BCUT2D eigenvalue weighted by atomic mass is 9.85. The summed E-state index contributed by atoms with van der Waals surface area (Å²) in [5.41, 5.74) is 1.77. The van der Waals surface area contributed by atoms with Crippen LogP contribution in [0.15, 0.2) is 54.6 Å². The molecule has 0 heterocycles. The molecular weight excluding hydrogens is 452 g/mol. The topological polar surface area (TPSA) is 84.5 Å².